The zero-order valence-electron chi connectivity index (χ0n) is 7.08. The van der Waals surface area contributed by atoms with Gasteiger partial charge in [-0.15, -0.1) is 0 Å². The van der Waals surface area contributed by atoms with Gasteiger partial charge in [-0.1, -0.05) is 5.16 Å². The Bertz CT molecular complexity index is 182. The third kappa shape index (κ3) is 3.18. The van der Waals surface area contributed by atoms with Gasteiger partial charge in [-0.3, -0.25) is 0 Å². The van der Waals surface area contributed by atoms with E-state index in [0.717, 1.165) is 25.1 Å². The lowest BCUT2D eigenvalue weighted by atomic mass is 10.2. The summed E-state index contributed by atoms with van der Waals surface area (Å²) < 4.78 is 4.71. The van der Waals surface area contributed by atoms with E-state index in [1.54, 1.807) is 6.26 Å². The molecule has 0 N–H and O–H groups in total. The summed E-state index contributed by atoms with van der Waals surface area (Å²) in [6, 6.07) is 1.91. The number of rotatable bonds is 4. The van der Waals surface area contributed by atoms with E-state index in [2.05, 4.69) is 24.2 Å². The van der Waals surface area contributed by atoms with Crippen LogP contribution < -0.4 is 0 Å². The second-order valence-electron chi connectivity index (χ2n) is 2.90. The molecule has 1 rings (SSSR count). The fourth-order valence-corrected chi connectivity index (χ4v) is 0.943. The number of hydrogen-bond donors (Lipinski definition) is 0. The van der Waals surface area contributed by atoms with E-state index in [-0.39, 0.29) is 0 Å². The van der Waals surface area contributed by atoms with Crippen LogP contribution in [-0.2, 0) is 6.42 Å². The van der Waals surface area contributed by atoms with E-state index < -0.39 is 0 Å². The topological polar surface area (TPSA) is 29.3 Å². The highest BCUT2D eigenvalue weighted by molar-refractivity contribution is 4.94. The minimum absolute atomic E-state index is 1.01. The van der Waals surface area contributed by atoms with Gasteiger partial charge in [0.1, 0.15) is 6.26 Å². The quantitative estimate of drug-likeness (QED) is 0.652. The Morgan fingerprint density at radius 3 is 2.91 bits per heavy atom. The molecule has 0 aliphatic heterocycles. The van der Waals surface area contributed by atoms with E-state index in [9.17, 15) is 0 Å². The molecule has 0 saturated carbocycles. The standard InChI is InChI=1S/C8H14N2O/c1-10(2)6-3-4-8-5-7-11-9-8/h5,7H,3-4,6H2,1-2H3. The van der Waals surface area contributed by atoms with Crippen LogP contribution in [-0.4, -0.2) is 30.7 Å². The van der Waals surface area contributed by atoms with Gasteiger partial charge in [-0.25, -0.2) is 0 Å². The van der Waals surface area contributed by atoms with Crippen LogP contribution in [0.2, 0.25) is 0 Å². The van der Waals surface area contributed by atoms with Crippen LogP contribution >= 0.6 is 0 Å². The van der Waals surface area contributed by atoms with Crippen LogP contribution in [0.25, 0.3) is 0 Å². The summed E-state index contributed by atoms with van der Waals surface area (Å²) in [4.78, 5) is 2.17. The molecule has 0 fully saturated rings. The van der Waals surface area contributed by atoms with Crippen molar-refractivity contribution < 1.29 is 4.52 Å². The van der Waals surface area contributed by atoms with Crippen molar-refractivity contribution in [2.24, 2.45) is 0 Å². The van der Waals surface area contributed by atoms with Gasteiger partial charge in [0.15, 0.2) is 0 Å². The Hall–Kier alpha value is -0.830. The molecule has 0 aromatic carbocycles. The highest BCUT2D eigenvalue weighted by Gasteiger charge is 1.96. The lowest BCUT2D eigenvalue weighted by Gasteiger charge is -2.06. The number of aryl methyl sites for hydroxylation is 1. The summed E-state index contributed by atoms with van der Waals surface area (Å²) in [6.07, 6.45) is 3.76. The van der Waals surface area contributed by atoms with Crippen LogP contribution in [0, 0.1) is 0 Å². The molecule has 62 valence electrons. The van der Waals surface area contributed by atoms with Gasteiger partial charge in [0, 0.05) is 6.07 Å². The average molecular weight is 154 g/mol. The molecule has 1 aromatic heterocycles. The van der Waals surface area contributed by atoms with Crippen molar-refractivity contribution in [3.63, 3.8) is 0 Å². The normalized spacial score (nSPS) is 10.8. The number of hydrogen-bond acceptors (Lipinski definition) is 3. The molecule has 0 unspecified atom stereocenters. The predicted molar refractivity (Wildman–Crippen MR) is 43.4 cm³/mol. The van der Waals surface area contributed by atoms with Crippen LogP contribution in [0.1, 0.15) is 12.1 Å². The summed E-state index contributed by atoms with van der Waals surface area (Å²) in [6.45, 7) is 1.10. The van der Waals surface area contributed by atoms with E-state index in [0.29, 0.717) is 0 Å². The Labute approximate surface area is 67.0 Å². The first-order chi connectivity index (χ1) is 5.29. The summed E-state index contributed by atoms with van der Waals surface area (Å²) in [5, 5.41) is 3.82. The maximum absolute atomic E-state index is 4.71. The highest BCUT2D eigenvalue weighted by atomic mass is 16.5. The Balaban J connectivity index is 2.14. The minimum Gasteiger partial charge on any atom is -0.365 e. The lowest BCUT2D eigenvalue weighted by molar-refractivity contribution is 0.388. The Kier molecular flexibility index (Phi) is 3.11. The maximum Gasteiger partial charge on any atom is 0.124 e. The lowest BCUT2D eigenvalue weighted by Crippen LogP contribution is -2.13. The van der Waals surface area contributed by atoms with Crippen LogP contribution in [0.4, 0.5) is 0 Å². The second-order valence-corrected chi connectivity index (χ2v) is 2.90. The van der Waals surface area contributed by atoms with Crippen molar-refractivity contribution in [1.29, 1.82) is 0 Å². The molecule has 3 heteroatoms. The van der Waals surface area contributed by atoms with Gasteiger partial charge in [0.05, 0.1) is 5.69 Å². The molecular weight excluding hydrogens is 140 g/mol. The fourth-order valence-electron chi connectivity index (χ4n) is 0.943. The molecule has 1 aromatic rings. The first kappa shape index (κ1) is 8.27. The van der Waals surface area contributed by atoms with Crippen LogP contribution in [0.15, 0.2) is 16.9 Å². The smallest absolute Gasteiger partial charge is 0.124 e. The molecule has 0 radical (unpaired) electrons. The molecular formula is C8H14N2O. The molecule has 0 saturated heterocycles. The molecule has 3 nitrogen and oxygen atoms in total. The molecule has 11 heavy (non-hydrogen) atoms. The second kappa shape index (κ2) is 4.13. The van der Waals surface area contributed by atoms with E-state index in [1.807, 2.05) is 6.07 Å². The van der Waals surface area contributed by atoms with Gasteiger partial charge in [0.2, 0.25) is 0 Å². The Morgan fingerprint density at radius 2 is 2.36 bits per heavy atom. The molecule has 0 spiro atoms. The molecule has 0 aliphatic rings. The average Bonchev–Trinajstić information content (AvgIpc) is 2.39. The van der Waals surface area contributed by atoms with Crippen LogP contribution in [0.3, 0.4) is 0 Å². The third-order valence-corrected chi connectivity index (χ3v) is 1.53. The molecule has 1 heterocycles. The van der Waals surface area contributed by atoms with Crippen molar-refractivity contribution in [2.75, 3.05) is 20.6 Å². The van der Waals surface area contributed by atoms with Crippen molar-refractivity contribution in [3.8, 4) is 0 Å². The number of aromatic nitrogens is 1. The fraction of sp³-hybridized carbons (Fsp3) is 0.625. The van der Waals surface area contributed by atoms with E-state index in [1.165, 1.54) is 0 Å². The first-order valence-corrected chi connectivity index (χ1v) is 3.83. The van der Waals surface area contributed by atoms with Gasteiger partial charge in [-0.2, -0.15) is 0 Å². The monoisotopic (exact) mass is 154 g/mol. The zero-order chi connectivity index (χ0) is 8.10. The summed E-state index contributed by atoms with van der Waals surface area (Å²) in [5.74, 6) is 0. The largest absolute Gasteiger partial charge is 0.365 e. The van der Waals surface area contributed by atoms with Crippen molar-refractivity contribution >= 4 is 0 Å². The summed E-state index contributed by atoms with van der Waals surface area (Å²) >= 11 is 0. The Morgan fingerprint density at radius 1 is 1.55 bits per heavy atom. The maximum atomic E-state index is 4.71. The van der Waals surface area contributed by atoms with E-state index in [4.69, 9.17) is 4.52 Å². The van der Waals surface area contributed by atoms with Gasteiger partial charge < -0.3 is 9.42 Å². The summed E-state index contributed by atoms with van der Waals surface area (Å²) in [7, 11) is 4.14. The minimum atomic E-state index is 1.01. The van der Waals surface area contributed by atoms with Crippen molar-refractivity contribution in [1.82, 2.24) is 10.1 Å². The third-order valence-electron chi connectivity index (χ3n) is 1.53. The van der Waals surface area contributed by atoms with Crippen LogP contribution in [0.5, 0.6) is 0 Å². The molecule has 0 atom stereocenters. The molecule has 0 amide bonds. The summed E-state index contributed by atoms with van der Waals surface area (Å²) in [5.41, 5.74) is 1.05. The first-order valence-electron chi connectivity index (χ1n) is 3.83. The van der Waals surface area contributed by atoms with Crippen molar-refractivity contribution in [2.45, 2.75) is 12.8 Å². The zero-order valence-corrected chi connectivity index (χ0v) is 7.08. The SMILES string of the molecule is CN(C)CCCc1ccon1. The molecule has 0 bridgehead atoms. The highest BCUT2D eigenvalue weighted by Crippen LogP contribution is 1.98. The van der Waals surface area contributed by atoms with E-state index >= 15 is 0 Å². The van der Waals surface area contributed by atoms with Gasteiger partial charge >= 0.3 is 0 Å². The van der Waals surface area contributed by atoms with Gasteiger partial charge in [0.25, 0.3) is 0 Å². The number of nitrogens with zero attached hydrogens (tertiary/aromatic N) is 2. The van der Waals surface area contributed by atoms with Crippen molar-refractivity contribution in [3.05, 3.63) is 18.0 Å². The predicted octanol–water partition coefficient (Wildman–Crippen LogP) is 1.17. The molecule has 0 aliphatic carbocycles. The van der Waals surface area contributed by atoms with Gasteiger partial charge in [-0.05, 0) is 33.5 Å².